The van der Waals surface area contributed by atoms with E-state index < -0.39 is 11.8 Å². The second kappa shape index (κ2) is 5.65. The van der Waals surface area contributed by atoms with E-state index in [9.17, 15) is 9.59 Å². The SMILES string of the molecule is CCc1ccc(/C=N\NC(=O)C(N)=O)cc1. The standard InChI is InChI=1S/C11H13N3O2/c1-2-8-3-5-9(6-4-8)7-13-14-11(16)10(12)15/h3-7H,2H2,1H3,(H2,12,15)(H,14,16)/b13-7-. The van der Waals surface area contributed by atoms with Gasteiger partial charge in [0.1, 0.15) is 0 Å². The van der Waals surface area contributed by atoms with E-state index in [1.807, 2.05) is 29.7 Å². The minimum atomic E-state index is -1.06. The van der Waals surface area contributed by atoms with Gasteiger partial charge in [-0.1, -0.05) is 31.2 Å². The normalized spacial score (nSPS) is 10.3. The number of rotatable bonds is 3. The van der Waals surface area contributed by atoms with Gasteiger partial charge in [0.05, 0.1) is 6.21 Å². The monoisotopic (exact) mass is 219 g/mol. The lowest BCUT2D eigenvalue weighted by Gasteiger charge is -1.97. The molecule has 3 N–H and O–H groups in total. The number of benzene rings is 1. The minimum absolute atomic E-state index is 0.835. The van der Waals surface area contributed by atoms with E-state index in [2.05, 4.69) is 12.0 Å². The van der Waals surface area contributed by atoms with E-state index in [4.69, 9.17) is 5.73 Å². The summed E-state index contributed by atoms with van der Waals surface area (Å²) in [5, 5.41) is 3.59. The van der Waals surface area contributed by atoms with Crippen LogP contribution >= 0.6 is 0 Å². The molecule has 0 unspecified atom stereocenters. The van der Waals surface area contributed by atoms with E-state index >= 15 is 0 Å². The van der Waals surface area contributed by atoms with E-state index in [1.54, 1.807) is 0 Å². The molecule has 0 saturated carbocycles. The maximum absolute atomic E-state index is 10.7. The summed E-state index contributed by atoms with van der Waals surface area (Å²) >= 11 is 0. The molecule has 2 amide bonds. The van der Waals surface area contributed by atoms with Crippen LogP contribution in [0.2, 0.25) is 0 Å². The Hall–Kier alpha value is -2.17. The van der Waals surface area contributed by atoms with Crippen LogP contribution in [0.25, 0.3) is 0 Å². The highest BCUT2D eigenvalue weighted by Crippen LogP contribution is 2.02. The van der Waals surface area contributed by atoms with Gasteiger partial charge in [-0.05, 0) is 17.5 Å². The summed E-state index contributed by atoms with van der Waals surface area (Å²) in [6.45, 7) is 2.07. The fraction of sp³-hybridized carbons (Fsp3) is 0.182. The molecule has 1 aromatic rings. The number of primary amides is 1. The number of aryl methyl sites for hydroxylation is 1. The van der Waals surface area contributed by atoms with E-state index in [1.165, 1.54) is 11.8 Å². The van der Waals surface area contributed by atoms with Crippen LogP contribution in [0.15, 0.2) is 29.4 Å². The zero-order chi connectivity index (χ0) is 12.0. The molecule has 1 rings (SSSR count). The van der Waals surface area contributed by atoms with Crippen molar-refractivity contribution in [3.63, 3.8) is 0 Å². The van der Waals surface area contributed by atoms with Crippen molar-refractivity contribution in [3.8, 4) is 0 Å². The molecular formula is C11H13N3O2. The molecule has 5 nitrogen and oxygen atoms in total. The van der Waals surface area contributed by atoms with Crippen molar-refractivity contribution in [1.82, 2.24) is 5.43 Å². The molecule has 0 heterocycles. The third-order valence-electron chi connectivity index (χ3n) is 1.99. The van der Waals surface area contributed by atoms with Crippen molar-refractivity contribution in [2.24, 2.45) is 10.8 Å². The number of hydrogen-bond donors (Lipinski definition) is 2. The van der Waals surface area contributed by atoms with Gasteiger partial charge in [0.15, 0.2) is 0 Å². The largest absolute Gasteiger partial charge is 0.361 e. The van der Waals surface area contributed by atoms with Crippen molar-refractivity contribution < 1.29 is 9.59 Å². The molecule has 0 spiro atoms. The highest BCUT2D eigenvalue weighted by molar-refractivity contribution is 6.34. The van der Waals surface area contributed by atoms with E-state index in [0.29, 0.717) is 0 Å². The molecular weight excluding hydrogens is 206 g/mol. The van der Waals surface area contributed by atoms with Gasteiger partial charge in [-0.25, -0.2) is 5.43 Å². The zero-order valence-corrected chi connectivity index (χ0v) is 8.93. The molecule has 0 saturated heterocycles. The Kier molecular flexibility index (Phi) is 4.20. The Morgan fingerprint density at radius 3 is 2.50 bits per heavy atom. The van der Waals surface area contributed by atoms with Crippen molar-refractivity contribution >= 4 is 18.0 Å². The van der Waals surface area contributed by atoms with Crippen LogP contribution in [0.1, 0.15) is 18.1 Å². The number of hydrazone groups is 1. The van der Waals surface area contributed by atoms with Gasteiger partial charge in [0, 0.05) is 0 Å². The molecule has 0 atom stereocenters. The van der Waals surface area contributed by atoms with Crippen molar-refractivity contribution in [1.29, 1.82) is 0 Å². The second-order valence-corrected chi connectivity index (χ2v) is 3.16. The van der Waals surface area contributed by atoms with Gasteiger partial charge < -0.3 is 5.73 Å². The molecule has 16 heavy (non-hydrogen) atoms. The first-order valence-corrected chi connectivity index (χ1v) is 4.85. The molecule has 0 aliphatic carbocycles. The van der Waals surface area contributed by atoms with E-state index in [0.717, 1.165) is 12.0 Å². The molecule has 5 heteroatoms. The predicted molar refractivity (Wildman–Crippen MR) is 60.8 cm³/mol. The highest BCUT2D eigenvalue weighted by Gasteiger charge is 2.04. The lowest BCUT2D eigenvalue weighted by molar-refractivity contribution is -0.137. The van der Waals surface area contributed by atoms with Crippen LogP contribution in [0.4, 0.5) is 0 Å². The molecule has 0 bridgehead atoms. The van der Waals surface area contributed by atoms with Crippen molar-refractivity contribution in [2.45, 2.75) is 13.3 Å². The average molecular weight is 219 g/mol. The second-order valence-electron chi connectivity index (χ2n) is 3.16. The number of nitrogens with one attached hydrogen (secondary N) is 1. The maximum atomic E-state index is 10.7. The molecule has 1 aromatic carbocycles. The number of amides is 2. The summed E-state index contributed by atoms with van der Waals surface area (Å²) in [6, 6.07) is 7.69. The summed E-state index contributed by atoms with van der Waals surface area (Å²) in [4.78, 5) is 21.1. The van der Waals surface area contributed by atoms with Crippen LogP contribution in [-0.4, -0.2) is 18.0 Å². The smallest absolute Gasteiger partial charge is 0.329 e. The Morgan fingerprint density at radius 2 is 2.00 bits per heavy atom. The number of carbonyl (C=O) groups excluding carboxylic acids is 2. The number of carbonyl (C=O) groups is 2. The van der Waals surface area contributed by atoms with Gasteiger partial charge in [0.2, 0.25) is 0 Å². The quantitative estimate of drug-likeness (QED) is 0.432. The zero-order valence-electron chi connectivity index (χ0n) is 8.93. The van der Waals surface area contributed by atoms with Gasteiger partial charge in [-0.15, -0.1) is 0 Å². The Labute approximate surface area is 93.3 Å². The molecule has 0 aliphatic rings. The highest BCUT2D eigenvalue weighted by atomic mass is 16.2. The van der Waals surface area contributed by atoms with Gasteiger partial charge in [-0.3, -0.25) is 9.59 Å². The van der Waals surface area contributed by atoms with Crippen LogP contribution < -0.4 is 11.2 Å². The fourth-order valence-corrected chi connectivity index (χ4v) is 1.06. The number of nitrogens with two attached hydrogens (primary N) is 1. The lowest BCUT2D eigenvalue weighted by Crippen LogP contribution is -2.32. The summed E-state index contributed by atoms with van der Waals surface area (Å²) < 4.78 is 0. The Bertz CT molecular complexity index is 410. The molecule has 0 radical (unpaired) electrons. The van der Waals surface area contributed by atoms with Crippen molar-refractivity contribution in [3.05, 3.63) is 35.4 Å². The van der Waals surface area contributed by atoms with Crippen LogP contribution in [0.3, 0.4) is 0 Å². The third kappa shape index (κ3) is 3.53. The first-order valence-electron chi connectivity index (χ1n) is 4.85. The number of hydrogen-bond acceptors (Lipinski definition) is 3. The first-order chi connectivity index (χ1) is 7.63. The summed E-state index contributed by atoms with van der Waals surface area (Å²) in [5.41, 5.74) is 8.80. The van der Waals surface area contributed by atoms with Gasteiger partial charge in [-0.2, -0.15) is 5.10 Å². The molecule has 0 aliphatic heterocycles. The first kappa shape index (κ1) is 11.9. The van der Waals surface area contributed by atoms with Crippen LogP contribution in [0, 0.1) is 0 Å². The predicted octanol–water partition coefficient (Wildman–Crippen LogP) is 0.184. The number of nitrogens with zero attached hydrogens (tertiary/aromatic N) is 1. The minimum Gasteiger partial charge on any atom is -0.361 e. The lowest BCUT2D eigenvalue weighted by atomic mass is 10.1. The van der Waals surface area contributed by atoms with Crippen LogP contribution in [0.5, 0.6) is 0 Å². The summed E-state index contributed by atoms with van der Waals surface area (Å²) in [7, 11) is 0. The Morgan fingerprint density at radius 1 is 1.38 bits per heavy atom. The topological polar surface area (TPSA) is 84.6 Å². The third-order valence-corrected chi connectivity index (χ3v) is 1.99. The summed E-state index contributed by atoms with van der Waals surface area (Å²) in [6.07, 6.45) is 2.41. The van der Waals surface area contributed by atoms with Gasteiger partial charge >= 0.3 is 11.8 Å². The fourth-order valence-electron chi connectivity index (χ4n) is 1.06. The van der Waals surface area contributed by atoms with Crippen LogP contribution in [-0.2, 0) is 16.0 Å². The molecule has 0 aromatic heterocycles. The molecule has 0 fully saturated rings. The maximum Gasteiger partial charge on any atom is 0.329 e. The summed E-state index contributed by atoms with van der Waals surface area (Å²) in [5.74, 6) is -1.99. The van der Waals surface area contributed by atoms with Gasteiger partial charge in [0.25, 0.3) is 0 Å². The Balaban J connectivity index is 2.56. The van der Waals surface area contributed by atoms with E-state index in [-0.39, 0.29) is 0 Å². The molecule has 84 valence electrons. The van der Waals surface area contributed by atoms with Crippen molar-refractivity contribution in [2.75, 3.05) is 0 Å². The average Bonchev–Trinajstić information content (AvgIpc) is 2.29.